The Bertz CT molecular complexity index is 643. The van der Waals surface area contributed by atoms with Crippen molar-refractivity contribution in [2.45, 2.75) is 32.7 Å². The number of pyridine rings is 1. The van der Waals surface area contributed by atoms with E-state index in [1.807, 2.05) is 30.3 Å². The van der Waals surface area contributed by atoms with Crippen molar-refractivity contribution in [3.05, 3.63) is 58.9 Å². The van der Waals surface area contributed by atoms with E-state index in [0.29, 0.717) is 18.2 Å². The number of nitrogens with zero attached hydrogens (tertiary/aromatic N) is 1. The molecule has 2 N–H and O–H groups in total. The first kappa shape index (κ1) is 17.3. The Morgan fingerprint density at radius 3 is 2.70 bits per heavy atom. The fourth-order valence-corrected chi connectivity index (χ4v) is 2.23. The number of benzene rings is 1. The zero-order valence-electron chi connectivity index (χ0n) is 13.5. The van der Waals surface area contributed by atoms with E-state index < -0.39 is 0 Å². The first-order valence-corrected chi connectivity index (χ1v) is 8.20. The van der Waals surface area contributed by atoms with Crippen molar-refractivity contribution in [3.8, 4) is 0 Å². The van der Waals surface area contributed by atoms with Crippen molar-refractivity contribution < 1.29 is 4.79 Å². The summed E-state index contributed by atoms with van der Waals surface area (Å²) in [6.07, 6.45) is 5.09. The molecule has 1 aromatic heterocycles. The van der Waals surface area contributed by atoms with Gasteiger partial charge in [0, 0.05) is 30.0 Å². The largest absolute Gasteiger partial charge is 0.381 e. The third-order valence-electron chi connectivity index (χ3n) is 3.64. The van der Waals surface area contributed by atoms with Crippen LogP contribution in [0, 0.1) is 0 Å². The molecular formula is C18H22ClN3O. The maximum Gasteiger partial charge on any atom is 0.252 e. The number of aromatic nitrogens is 1. The summed E-state index contributed by atoms with van der Waals surface area (Å²) in [6, 6.07) is 9.82. The van der Waals surface area contributed by atoms with Gasteiger partial charge < -0.3 is 10.6 Å². The molecule has 0 fully saturated rings. The molecule has 2 rings (SSSR count). The Hall–Kier alpha value is -2.07. The molecule has 5 heteroatoms. The summed E-state index contributed by atoms with van der Waals surface area (Å²) in [5, 5.41) is 6.95. The van der Waals surface area contributed by atoms with Gasteiger partial charge in [-0.25, -0.2) is 0 Å². The van der Waals surface area contributed by atoms with Crippen LogP contribution in [0.15, 0.2) is 42.7 Å². The molecule has 0 aliphatic carbocycles. The molecule has 0 aliphatic rings. The molecule has 0 aliphatic heterocycles. The van der Waals surface area contributed by atoms with Crippen LogP contribution >= 0.6 is 11.6 Å². The highest BCUT2D eigenvalue weighted by Gasteiger charge is 2.07. The standard InChI is InChI=1S/C18H22ClN3O/c1-3-13(2)22-17-10-15(11-20-12-17)18(23)21-9-8-14-4-6-16(19)7-5-14/h4-7,10-13,22H,3,8-9H2,1-2H3,(H,21,23). The molecule has 0 saturated carbocycles. The number of hydrogen-bond donors (Lipinski definition) is 2. The fourth-order valence-electron chi connectivity index (χ4n) is 2.10. The molecule has 1 atom stereocenters. The van der Waals surface area contributed by atoms with E-state index in [1.165, 1.54) is 0 Å². The number of nitrogens with one attached hydrogen (secondary N) is 2. The van der Waals surface area contributed by atoms with Crippen molar-refractivity contribution in [1.82, 2.24) is 10.3 Å². The molecule has 1 aromatic carbocycles. The van der Waals surface area contributed by atoms with Crippen LogP contribution in [-0.2, 0) is 6.42 Å². The van der Waals surface area contributed by atoms with Gasteiger partial charge in [-0.3, -0.25) is 9.78 Å². The van der Waals surface area contributed by atoms with Crippen LogP contribution in [-0.4, -0.2) is 23.5 Å². The monoisotopic (exact) mass is 331 g/mol. The van der Waals surface area contributed by atoms with Gasteiger partial charge in [0.1, 0.15) is 0 Å². The molecular weight excluding hydrogens is 310 g/mol. The van der Waals surface area contributed by atoms with E-state index in [2.05, 4.69) is 29.5 Å². The average molecular weight is 332 g/mol. The number of hydrogen-bond acceptors (Lipinski definition) is 3. The summed E-state index contributed by atoms with van der Waals surface area (Å²) in [5.41, 5.74) is 2.57. The molecule has 0 radical (unpaired) electrons. The Kier molecular flexibility index (Phi) is 6.41. The second-order valence-corrected chi connectivity index (χ2v) is 5.98. The summed E-state index contributed by atoms with van der Waals surface area (Å²) in [7, 11) is 0. The summed E-state index contributed by atoms with van der Waals surface area (Å²) >= 11 is 5.85. The van der Waals surface area contributed by atoms with Gasteiger partial charge in [0.05, 0.1) is 11.3 Å². The highest BCUT2D eigenvalue weighted by atomic mass is 35.5. The highest BCUT2D eigenvalue weighted by Crippen LogP contribution is 2.11. The predicted octanol–water partition coefficient (Wildman–Crippen LogP) is 3.92. The van der Waals surface area contributed by atoms with E-state index >= 15 is 0 Å². The zero-order valence-corrected chi connectivity index (χ0v) is 14.2. The first-order chi connectivity index (χ1) is 11.1. The predicted molar refractivity (Wildman–Crippen MR) is 95.1 cm³/mol. The minimum absolute atomic E-state index is 0.112. The second-order valence-electron chi connectivity index (χ2n) is 5.55. The third kappa shape index (κ3) is 5.57. The molecule has 1 amide bonds. The van der Waals surface area contributed by atoms with Crippen molar-refractivity contribution >= 4 is 23.2 Å². The van der Waals surface area contributed by atoms with Gasteiger partial charge in [-0.15, -0.1) is 0 Å². The topological polar surface area (TPSA) is 54.0 Å². The van der Waals surface area contributed by atoms with Gasteiger partial charge in [0.2, 0.25) is 0 Å². The van der Waals surface area contributed by atoms with E-state index in [0.717, 1.165) is 29.1 Å². The lowest BCUT2D eigenvalue weighted by atomic mass is 10.1. The molecule has 122 valence electrons. The molecule has 0 bridgehead atoms. The maximum atomic E-state index is 12.2. The van der Waals surface area contributed by atoms with Gasteiger partial charge in [-0.2, -0.15) is 0 Å². The summed E-state index contributed by atoms with van der Waals surface area (Å²) < 4.78 is 0. The summed E-state index contributed by atoms with van der Waals surface area (Å²) in [6.45, 7) is 4.78. The normalized spacial score (nSPS) is 11.8. The van der Waals surface area contributed by atoms with Gasteiger partial charge in [0.25, 0.3) is 5.91 Å². The van der Waals surface area contributed by atoms with Gasteiger partial charge in [0.15, 0.2) is 0 Å². The molecule has 1 unspecified atom stereocenters. The minimum Gasteiger partial charge on any atom is -0.381 e. The molecule has 23 heavy (non-hydrogen) atoms. The van der Waals surface area contributed by atoms with E-state index in [1.54, 1.807) is 12.4 Å². The lowest BCUT2D eigenvalue weighted by molar-refractivity contribution is 0.0954. The smallest absolute Gasteiger partial charge is 0.252 e. The van der Waals surface area contributed by atoms with Crippen LogP contribution in [0.4, 0.5) is 5.69 Å². The van der Waals surface area contributed by atoms with E-state index in [-0.39, 0.29) is 5.91 Å². The molecule has 0 spiro atoms. The van der Waals surface area contributed by atoms with Crippen LogP contribution in [0.5, 0.6) is 0 Å². The van der Waals surface area contributed by atoms with E-state index in [9.17, 15) is 4.79 Å². The van der Waals surface area contributed by atoms with Gasteiger partial charge in [-0.05, 0) is 43.5 Å². The van der Waals surface area contributed by atoms with Crippen LogP contribution in [0.2, 0.25) is 5.02 Å². The Morgan fingerprint density at radius 2 is 2.00 bits per heavy atom. The highest BCUT2D eigenvalue weighted by molar-refractivity contribution is 6.30. The second kappa shape index (κ2) is 8.53. The maximum absolute atomic E-state index is 12.2. The van der Waals surface area contributed by atoms with Crippen molar-refractivity contribution in [2.75, 3.05) is 11.9 Å². The van der Waals surface area contributed by atoms with Crippen molar-refractivity contribution in [2.24, 2.45) is 0 Å². The summed E-state index contributed by atoms with van der Waals surface area (Å²) in [5.74, 6) is -0.112. The average Bonchev–Trinajstić information content (AvgIpc) is 2.56. The number of carbonyl (C=O) groups excluding carboxylic acids is 1. The van der Waals surface area contributed by atoms with Gasteiger partial charge in [-0.1, -0.05) is 30.7 Å². The lowest BCUT2D eigenvalue weighted by Gasteiger charge is -2.13. The van der Waals surface area contributed by atoms with Crippen LogP contribution in [0.3, 0.4) is 0 Å². The van der Waals surface area contributed by atoms with E-state index in [4.69, 9.17) is 11.6 Å². The van der Waals surface area contributed by atoms with Crippen LogP contribution in [0.1, 0.15) is 36.2 Å². The van der Waals surface area contributed by atoms with Crippen LogP contribution < -0.4 is 10.6 Å². The van der Waals surface area contributed by atoms with Gasteiger partial charge >= 0.3 is 0 Å². The Labute approximate surface area is 142 Å². The Morgan fingerprint density at radius 1 is 1.26 bits per heavy atom. The number of amides is 1. The molecule has 0 saturated heterocycles. The third-order valence-corrected chi connectivity index (χ3v) is 3.89. The first-order valence-electron chi connectivity index (χ1n) is 7.82. The molecule has 4 nitrogen and oxygen atoms in total. The summed E-state index contributed by atoms with van der Waals surface area (Å²) in [4.78, 5) is 16.3. The van der Waals surface area contributed by atoms with Crippen molar-refractivity contribution in [1.29, 1.82) is 0 Å². The minimum atomic E-state index is -0.112. The zero-order chi connectivity index (χ0) is 16.7. The number of rotatable bonds is 7. The quantitative estimate of drug-likeness (QED) is 0.808. The molecule has 2 aromatic rings. The number of anilines is 1. The van der Waals surface area contributed by atoms with Crippen molar-refractivity contribution in [3.63, 3.8) is 0 Å². The lowest BCUT2D eigenvalue weighted by Crippen LogP contribution is -2.26. The number of halogens is 1. The SMILES string of the molecule is CCC(C)Nc1cncc(C(=O)NCCc2ccc(Cl)cc2)c1. The Balaban J connectivity index is 1.87. The molecule has 1 heterocycles. The van der Waals surface area contributed by atoms with Crippen LogP contribution in [0.25, 0.3) is 0 Å². The fraction of sp³-hybridized carbons (Fsp3) is 0.333. The number of carbonyl (C=O) groups is 1.